The number of hydrogen-bond acceptors (Lipinski definition) is 1. The zero-order valence-electron chi connectivity index (χ0n) is 7.65. The molecule has 0 atom stereocenters. The summed E-state index contributed by atoms with van der Waals surface area (Å²) in [4.78, 5) is 2.94. The molecular formula is C9H5F6N. The second-order valence-corrected chi connectivity index (χ2v) is 2.90. The molecule has 0 aromatic carbocycles. The van der Waals surface area contributed by atoms with E-state index in [9.17, 15) is 26.3 Å². The summed E-state index contributed by atoms with van der Waals surface area (Å²) in [5.41, 5.74) is -3.36. The minimum absolute atomic E-state index is 0.315. The van der Waals surface area contributed by atoms with E-state index in [0.717, 1.165) is 6.07 Å². The third-order valence-corrected chi connectivity index (χ3v) is 1.74. The Balaban J connectivity index is 3.14. The Kier molecular flexibility index (Phi) is 2.98. The smallest absolute Gasteiger partial charge is 0.252 e. The van der Waals surface area contributed by atoms with Gasteiger partial charge < -0.3 is 0 Å². The van der Waals surface area contributed by atoms with E-state index >= 15 is 0 Å². The zero-order valence-corrected chi connectivity index (χ0v) is 7.65. The summed E-state index contributed by atoms with van der Waals surface area (Å²) in [5, 5.41) is 0. The van der Waals surface area contributed by atoms with Crippen molar-refractivity contribution in [3.05, 3.63) is 36.2 Å². The first-order chi connectivity index (χ1) is 7.12. The number of aromatic nitrogens is 1. The van der Waals surface area contributed by atoms with E-state index in [1.54, 1.807) is 0 Å². The van der Waals surface area contributed by atoms with Crippen LogP contribution in [0.2, 0.25) is 0 Å². The quantitative estimate of drug-likeness (QED) is 0.683. The first kappa shape index (κ1) is 12.5. The number of nitrogens with zero attached hydrogens (tertiary/aromatic N) is 1. The van der Waals surface area contributed by atoms with Gasteiger partial charge in [0.15, 0.2) is 0 Å². The van der Waals surface area contributed by atoms with E-state index < -0.39 is 29.2 Å². The predicted octanol–water partition coefficient (Wildman–Crippen LogP) is 3.68. The van der Waals surface area contributed by atoms with Gasteiger partial charge in [-0.25, -0.2) is 0 Å². The van der Waals surface area contributed by atoms with Gasteiger partial charge >= 0.3 is 12.4 Å². The van der Waals surface area contributed by atoms with Gasteiger partial charge in [-0.05, 0) is 17.7 Å². The highest BCUT2D eigenvalue weighted by Crippen LogP contribution is 2.34. The minimum Gasteiger partial charge on any atom is -0.252 e. The monoisotopic (exact) mass is 241 g/mol. The van der Waals surface area contributed by atoms with Gasteiger partial charge in [0, 0.05) is 6.20 Å². The number of pyridine rings is 1. The van der Waals surface area contributed by atoms with Crippen molar-refractivity contribution in [3.8, 4) is 0 Å². The predicted molar refractivity (Wildman–Crippen MR) is 44.3 cm³/mol. The summed E-state index contributed by atoms with van der Waals surface area (Å²) in [7, 11) is 0. The van der Waals surface area contributed by atoms with Crippen LogP contribution in [0.4, 0.5) is 26.3 Å². The fourth-order valence-electron chi connectivity index (χ4n) is 0.937. The fraction of sp³-hybridized carbons (Fsp3) is 0.222. The molecule has 88 valence electrons. The van der Waals surface area contributed by atoms with Gasteiger partial charge in [-0.2, -0.15) is 26.3 Å². The van der Waals surface area contributed by atoms with Crippen molar-refractivity contribution in [2.75, 3.05) is 0 Å². The van der Waals surface area contributed by atoms with Crippen LogP contribution < -0.4 is 0 Å². The van der Waals surface area contributed by atoms with Crippen LogP contribution in [0.5, 0.6) is 0 Å². The maximum atomic E-state index is 12.2. The van der Waals surface area contributed by atoms with Crippen molar-refractivity contribution in [2.24, 2.45) is 0 Å². The molecule has 0 bridgehead atoms. The Labute approximate surface area is 86.4 Å². The highest BCUT2D eigenvalue weighted by Gasteiger charge is 2.36. The van der Waals surface area contributed by atoms with Crippen LogP contribution in [-0.2, 0) is 6.18 Å². The van der Waals surface area contributed by atoms with Crippen LogP contribution >= 0.6 is 0 Å². The molecule has 0 aliphatic rings. The largest absolute Gasteiger partial charge is 0.433 e. The van der Waals surface area contributed by atoms with Crippen molar-refractivity contribution in [1.82, 2.24) is 4.98 Å². The molecule has 0 aliphatic heterocycles. The lowest BCUT2D eigenvalue weighted by atomic mass is 10.1. The van der Waals surface area contributed by atoms with E-state index in [2.05, 4.69) is 11.6 Å². The van der Waals surface area contributed by atoms with E-state index in [4.69, 9.17) is 0 Å². The zero-order chi connectivity index (χ0) is 12.6. The van der Waals surface area contributed by atoms with Gasteiger partial charge in [-0.1, -0.05) is 6.58 Å². The first-order valence-electron chi connectivity index (χ1n) is 3.92. The average Bonchev–Trinajstić information content (AvgIpc) is 2.14. The summed E-state index contributed by atoms with van der Waals surface area (Å²) < 4.78 is 72.9. The summed E-state index contributed by atoms with van der Waals surface area (Å²) >= 11 is 0. The molecule has 0 aliphatic carbocycles. The molecule has 1 nitrogen and oxygen atoms in total. The molecule has 1 heterocycles. The van der Waals surface area contributed by atoms with Gasteiger partial charge in [0.05, 0.1) is 5.57 Å². The van der Waals surface area contributed by atoms with Gasteiger partial charge in [-0.3, -0.25) is 4.98 Å². The molecule has 1 rings (SSSR count). The fourth-order valence-corrected chi connectivity index (χ4v) is 0.937. The normalized spacial score (nSPS) is 12.6. The SMILES string of the molecule is C=C(c1ccnc(C(F)(F)F)c1)C(F)(F)F. The summed E-state index contributed by atoms with van der Waals surface area (Å²) in [6.07, 6.45) is -8.87. The molecule has 0 saturated heterocycles. The maximum Gasteiger partial charge on any atom is 0.433 e. The van der Waals surface area contributed by atoms with E-state index in [1.807, 2.05) is 0 Å². The lowest BCUT2D eigenvalue weighted by Gasteiger charge is -2.11. The molecule has 0 unspecified atom stereocenters. The van der Waals surface area contributed by atoms with Gasteiger partial charge in [0.2, 0.25) is 0 Å². The van der Waals surface area contributed by atoms with Gasteiger partial charge in [0.25, 0.3) is 0 Å². The summed E-state index contributed by atoms with van der Waals surface area (Å²) in [6.45, 7) is 2.70. The Morgan fingerprint density at radius 2 is 1.69 bits per heavy atom. The topological polar surface area (TPSA) is 12.9 Å². The highest BCUT2D eigenvalue weighted by atomic mass is 19.4. The Morgan fingerprint density at radius 1 is 1.12 bits per heavy atom. The molecular weight excluding hydrogens is 236 g/mol. The maximum absolute atomic E-state index is 12.2. The molecule has 0 spiro atoms. The second-order valence-electron chi connectivity index (χ2n) is 2.90. The van der Waals surface area contributed by atoms with Crippen LogP contribution in [0.25, 0.3) is 5.57 Å². The Hall–Kier alpha value is -1.53. The molecule has 0 radical (unpaired) electrons. The van der Waals surface area contributed by atoms with Crippen LogP contribution in [0.15, 0.2) is 24.9 Å². The number of alkyl halides is 6. The number of allylic oxidation sites excluding steroid dienone is 1. The molecule has 1 aromatic rings. The number of rotatable bonds is 1. The van der Waals surface area contributed by atoms with Crippen molar-refractivity contribution >= 4 is 5.57 Å². The standard InChI is InChI=1S/C9H5F6N/c1-5(8(10,11)12)6-2-3-16-7(4-6)9(13,14)15/h2-4H,1H2. The average molecular weight is 241 g/mol. The van der Waals surface area contributed by atoms with Gasteiger partial charge in [0.1, 0.15) is 5.69 Å². The number of halogens is 6. The first-order valence-corrected chi connectivity index (χ1v) is 3.92. The van der Waals surface area contributed by atoms with E-state index in [1.165, 1.54) is 0 Å². The van der Waals surface area contributed by atoms with Crippen LogP contribution in [0.3, 0.4) is 0 Å². The van der Waals surface area contributed by atoms with Crippen LogP contribution in [-0.4, -0.2) is 11.2 Å². The number of hydrogen-bond donors (Lipinski definition) is 0. The molecule has 16 heavy (non-hydrogen) atoms. The second kappa shape index (κ2) is 3.80. The Bertz CT molecular complexity index is 403. The minimum atomic E-state index is -4.78. The lowest BCUT2D eigenvalue weighted by Crippen LogP contribution is -2.12. The summed E-state index contributed by atoms with van der Waals surface area (Å²) in [6, 6.07) is 1.14. The molecule has 0 amide bonds. The van der Waals surface area contributed by atoms with E-state index in [0.29, 0.717) is 12.3 Å². The molecule has 0 saturated carbocycles. The lowest BCUT2D eigenvalue weighted by molar-refractivity contribution is -0.141. The summed E-state index contributed by atoms with van der Waals surface area (Å²) in [5.74, 6) is 0. The van der Waals surface area contributed by atoms with Crippen LogP contribution in [0.1, 0.15) is 11.3 Å². The third kappa shape index (κ3) is 2.74. The molecule has 7 heteroatoms. The van der Waals surface area contributed by atoms with Gasteiger partial charge in [-0.15, -0.1) is 0 Å². The molecule has 0 N–H and O–H groups in total. The van der Waals surface area contributed by atoms with Crippen LogP contribution in [0, 0.1) is 0 Å². The van der Waals surface area contributed by atoms with Crippen molar-refractivity contribution in [2.45, 2.75) is 12.4 Å². The molecule has 0 fully saturated rings. The van der Waals surface area contributed by atoms with Crippen molar-refractivity contribution < 1.29 is 26.3 Å². The highest BCUT2D eigenvalue weighted by molar-refractivity contribution is 5.67. The third-order valence-electron chi connectivity index (χ3n) is 1.74. The molecule has 1 aromatic heterocycles. The Morgan fingerprint density at radius 3 is 2.12 bits per heavy atom. The van der Waals surface area contributed by atoms with Crippen molar-refractivity contribution in [1.29, 1.82) is 0 Å². The van der Waals surface area contributed by atoms with E-state index in [-0.39, 0.29) is 0 Å². The van der Waals surface area contributed by atoms with Crippen molar-refractivity contribution in [3.63, 3.8) is 0 Å².